The summed E-state index contributed by atoms with van der Waals surface area (Å²) in [6.07, 6.45) is 1.03. The lowest BCUT2D eigenvalue weighted by Crippen LogP contribution is -2.13. The molecule has 2 rings (SSSR count). The van der Waals surface area contributed by atoms with Crippen LogP contribution in [0.25, 0.3) is 0 Å². The molecule has 0 saturated carbocycles. The van der Waals surface area contributed by atoms with Crippen molar-refractivity contribution in [3.8, 4) is 0 Å². The van der Waals surface area contributed by atoms with Gasteiger partial charge in [-0.25, -0.2) is 4.39 Å². The van der Waals surface area contributed by atoms with E-state index in [0.29, 0.717) is 23.1 Å². The first kappa shape index (κ1) is 13.8. The van der Waals surface area contributed by atoms with E-state index in [4.69, 9.17) is 16.0 Å². The van der Waals surface area contributed by atoms with Crippen molar-refractivity contribution in [1.29, 1.82) is 0 Å². The SMILES string of the molecule is CCCNCc1nnc(Nc2cc(F)ccc2Cl)o1. The van der Waals surface area contributed by atoms with E-state index in [1.807, 2.05) is 0 Å². The van der Waals surface area contributed by atoms with Crippen LogP contribution in [0, 0.1) is 5.82 Å². The van der Waals surface area contributed by atoms with E-state index in [2.05, 4.69) is 27.8 Å². The van der Waals surface area contributed by atoms with E-state index in [-0.39, 0.29) is 6.01 Å². The molecule has 1 heterocycles. The molecule has 1 aromatic carbocycles. The normalized spacial score (nSPS) is 10.7. The van der Waals surface area contributed by atoms with Crippen LogP contribution < -0.4 is 10.6 Å². The van der Waals surface area contributed by atoms with Gasteiger partial charge in [-0.3, -0.25) is 0 Å². The molecule has 0 saturated heterocycles. The minimum atomic E-state index is -0.392. The highest BCUT2D eigenvalue weighted by atomic mass is 35.5. The van der Waals surface area contributed by atoms with Crippen LogP contribution >= 0.6 is 11.6 Å². The number of aromatic nitrogens is 2. The molecular formula is C12H14ClFN4O. The van der Waals surface area contributed by atoms with E-state index in [9.17, 15) is 4.39 Å². The van der Waals surface area contributed by atoms with Gasteiger partial charge >= 0.3 is 6.01 Å². The van der Waals surface area contributed by atoms with Crippen molar-refractivity contribution in [1.82, 2.24) is 15.5 Å². The molecule has 0 radical (unpaired) electrons. The first-order valence-electron chi connectivity index (χ1n) is 5.94. The molecule has 19 heavy (non-hydrogen) atoms. The average molecular weight is 285 g/mol. The third kappa shape index (κ3) is 3.90. The van der Waals surface area contributed by atoms with Gasteiger partial charge in [-0.15, -0.1) is 5.10 Å². The van der Waals surface area contributed by atoms with Gasteiger partial charge in [0.1, 0.15) is 5.82 Å². The van der Waals surface area contributed by atoms with Crippen LogP contribution in [0.1, 0.15) is 19.2 Å². The van der Waals surface area contributed by atoms with Crippen LogP contribution in [0.5, 0.6) is 0 Å². The third-order valence-corrected chi connectivity index (χ3v) is 2.67. The Morgan fingerprint density at radius 2 is 2.21 bits per heavy atom. The summed E-state index contributed by atoms with van der Waals surface area (Å²) in [6.45, 7) is 3.44. The molecule has 1 aromatic heterocycles. The average Bonchev–Trinajstić information content (AvgIpc) is 2.82. The van der Waals surface area contributed by atoms with Crippen molar-refractivity contribution < 1.29 is 8.81 Å². The van der Waals surface area contributed by atoms with Crippen LogP contribution in [0.2, 0.25) is 5.02 Å². The zero-order valence-corrected chi connectivity index (χ0v) is 11.2. The lowest BCUT2D eigenvalue weighted by atomic mass is 10.3. The summed E-state index contributed by atoms with van der Waals surface area (Å²) >= 11 is 5.92. The van der Waals surface area contributed by atoms with E-state index < -0.39 is 5.82 Å². The number of nitrogens with zero attached hydrogens (tertiary/aromatic N) is 2. The maximum atomic E-state index is 13.1. The lowest BCUT2D eigenvalue weighted by molar-refractivity contribution is 0.479. The maximum Gasteiger partial charge on any atom is 0.320 e. The summed E-state index contributed by atoms with van der Waals surface area (Å²) in [7, 11) is 0. The molecule has 0 atom stereocenters. The fourth-order valence-corrected chi connectivity index (χ4v) is 1.62. The van der Waals surface area contributed by atoms with Crippen LogP contribution in [-0.4, -0.2) is 16.7 Å². The highest BCUT2D eigenvalue weighted by Crippen LogP contribution is 2.25. The van der Waals surface area contributed by atoms with Crippen LogP contribution in [0.15, 0.2) is 22.6 Å². The maximum absolute atomic E-state index is 13.1. The molecular weight excluding hydrogens is 271 g/mol. The molecule has 102 valence electrons. The minimum Gasteiger partial charge on any atom is -0.406 e. The molecule has 0 aliphatic heterocycles. The Morgan fingerprint density at radius 1 is 1.37 bits per heavy atom. The van der Waals surface area contributed by atoms with Gasteiger partial charge in [0.2, 0.25) is 5.89 Å². The number of hydrogen-bond acceptors (Lipinski definition) is 5. The molecule has 0 unspecified atom stereocenters. The molecule has 0 aliphatic rings. The summed E-state index contributed by atoms with van der Waals surface area (Å²) in [5.74, 6) is 0.0692. The summed E-state index contributed by atoms with van der Waals surface area (Å²) in [6, 6.07) is 4.18. The van der Waals surface area contributed by atoms with Crippen LogP contribution in [-0.2, 0) is 6.54 Å². The van der Waals surface area contributed by atoms with Crippen molar-refractivity contribution in [3.63, 3.8) is 0 Å². The second-order valence-electron chi connectivity index (χ2n) is 3.93. The molecule has 0 bridgehead atoms. The van der Waals surface area contributed by atoms with Gasteiger partial charge in [-0.1, -0.05) is 23.6 Å². The Kier molecular flexibility index (Phi) is 4.70. The Balaban J connectivity index is 2.01. The highest BCUT2D eigenvalue weighted by molar-refractivity contribution is 6.33. The number of rotatable bonds is 6. The van der Waals surface area contributed by atoms with Gasteiger partial charge < -0.3 is 15.1 Å². The standard InChI is InChI=1S/C12H14ClFN4O/c1-2-5-15-7-11-17-18-12(19-11)16-10-6-8(14)3-4-9(10)13/h3-4,6,15H,2,5,7H2,1H3,(H,16,18). The number of anilines is 2. The minimum absolute atomic E-state index is 0.181. The highest BCUT2D eigenvalue weighted by Gasteiger charge is 2.08. The number of nitrogens with one attached hydrogen (secondary N) is 2. The van der Waals surface area contributed by atoms with Crippen molar-refractivity contribution in [2.45, 2.75) is 19.9 Å². The van der Waals surface area contributed by atoms with Gasteiger partial charge in [-0.05, 0) is 31.2 Å². The van der Waals surface area contributed by atoms with Crippen molar-refractivity contribution in [2.75, 3.05) is 11.9 Å². The number of benzene rings is 1. The second-order valence-corrected chi connectivity index (χ2v) is 4.33. The predicted molar refractivity (Wildman–Crippen MR) is 71.0 cm³/mol. The third-order valence-electron chi connectivity index (χ3n) is 2.34. The zero-order chi connectivity index (χ0) is 13.7. The molecule has 0 amide bonds. The number of halogens is 2. The summed E-state index contributed by atoms with van der Waals surface area (Å²) < 4.78 is 18.4. The topological polar surface area (TPSA) is 63.0 Å². The van der Waals surface area contributed by atoms with Gasteiger partial charge in [-0.2, -0.15) is 0 Å². The molecule has 2 N–H and O–H groups in total. The van der Waals surface area contributed by atoms with Crippen LogP contribution in [0.3, 0.4) is 0 Å². The molecule has 2 aromatic rings. The number of hydrogen-bond donors (Lipinski definition) is 2. The fraction of sp³-hybridized carbons (Fsp3) is 0.333. The molecule has 5 nitrogen and oxygen atoms in total. The monoisotopic (exact) mass is 284 g/mol. The summed E-state index contributed by atoms with van der Waals surface area (Å²) in [4.78, 5) is 0. The molecule has 7 heteroatoms. The van der Waals surface area contributed by atoms with Gasteiger partial charge in [0.05, 0.1) is 17.3 Å². The Bertz CT molecular complexity index is 546. The predicted octanol–water partition coefficient (Wildman–Crippen LogP) is 3.11. The molecule has 0 fully saturated rings. The second kappa shape index (κ2) is 6.49. The van der Waals surface area contributed by atoms with Crippen molar-refractivity contribution in [2.24, 2.45) is 0 Å². The Morgan fingerprint density at radius 3 is 3.00 bits per heavy atom. The fourth-order valence-electron chi connectivity index (χ4n) is 1.46. The smallest absolute Gasteiger partial charge is 0.320 e. The van der Waals surface area contributed by atoms with E-state index >= 15 is 0 Å². The lowest BCUT2D eigenvalue weighted by Gasteiger charge is -2.03. The van der Waals surface area contributed by atoms with E-state index in [0.717, 1.165) is 13.0 Å². The first-order chi connectivity index (χ1) is 9.19. The van der Waals surface area contributed by atoms with E-state index in [1.54, 1.807) is 0 Å². The first-order valence-corrected chi connectivity index (χ1v) is 6.32. The molecule has 0 aliphatic carbocycles. The van der Waals surface area contributed by atoms with Crippen LogP contribution in [0.4, 0.5) is 16.1 Å². The Hall–Kier alpha value is -1.66. The van der Waals surface area contributed by atoms with Gasteiger partial charge in [0, 0.05) is 0 Å². The van der Waals surface area contributed by atoms with Gasteiger partial charge in [0.15, 0.2) is 0 Å². The van der Waals surface area contributed by atoms with Crippen molar-refractivity contribution in [3.05, 3.63) is 34.9 Å². The van der Waals surface area contributed by atoms with Gasteiger partial charge in [0.25, 0.3) is 0 Å². The quantitative estimate of drug-likeness (QED) is 0.798. The summed E-state index contributed by atoms with van der Waals surface area (Å²) in [5.41, 5.74) is 0.387. The largest absolute Gasteiger partial charge is 0.406 e. The Labute approximate surface area is 115 Å². The molecule has 0 spiro atoms. The zero-order valence-electron chi connectivity index (χ0n) is 10.4. The van der Waals surface area contributed by atoms with E-state index in [1.165, 1.54) is 18.2 Å². The summed E-state index contributed by atoms with van der Waals surface area (Å²) in [5, 5.41) is 14.0. The van der Waals surface area contributed by atoms with Crippen molar-refractivity contribution >= 4 is 23.3 Å².